The van der Waals surface area contributed by atoms with Crippen LogP contribution in [-0.2, 0) is 0 Å². The zero-order valence-electron chi connectivity index (χ0n) is 10.4. The summed E-state index contributed by atoms with van der Waals surface area (Å²) in [4.78, 5) is 2.50. The van der Waals surface area contributed by atoms with E-state index in [0.717, 1.165) is 5.92 Å². The Labute approximate surface area is 94.4 Å². The molecule has 2 nitrogen and oxygen atoms in total. The third kappa shape index (κ3) is 3.18. The highest BCUT2D eigenvalue weighted by Gasteiger charge is 2.29. The van der Waals surface area contributed by atoms with Crippen LogP contribution in [0.1, 0.15) is 45.4 Å². The van der Waals surface area contributed by atoms with E-state index in [-0.39, 0.29) is 0 Å². The Morgan fingerprint density at radius 2 is 2.27 bits per heavy atom. The summed E-state index contributed by atoms with van der Waals surface area (Å²) in [6.07, 6.45) is 8.43. The van der Waals surface area contributed by atoms with E-state index in [0.29, 0.717) is 5.54 Å². The predicted octanol–water partition coefficient (Wildman–Crippen LogP) is 2.25. The van der Waals surface area contributed by atoms with E-state index in [1.54, 1.807) is 0 Å². The molecule has 0 amide bonds. The van der Waals surface area contributed by atoms with Crippen LogP contribution in [0.25, 0.3) is 0 Å². The molecule has 2 saturated heterocycles. The van der Waals surface area contributed by atoms with Crippen LogP contribution >= 0.6 is 0 Å². The summed E-state index contributed by atoms with van der Waals surface area (Å²) >= 11 is 0. The van der Waals surface area contributed by atoms with Gasteiger partial charge in [0.1, 0.15) is 0 Å². The molecule has 2 heterocycles. The van der Waals surface area contributed by atoms with E-state index in [1.165, 1.54) is 58.2 Å². The molecule has 2 atom stereocenters. The third-order valence-corrected chi connectivity index (χ3v) is 4.28. The maximum Gasteiger partial charge on any atom is 0.0153 e. The maximum absolute atomic E-state index is 3.67. The lowest BCUT2D eigenvalue weighted by molar-refractivity contribution is 0.188. The Morgan fingerprint density at radius 1 is 1.40 bits per heavy atom. The highest BCUT2D eigenvalue weighted by Crippen LogP contribution is 2.28. The van der Waals surface area contributed by atoms with Gasteiger partial charge in [-0.3, -0.25) is 0 Å². The van der Waals surface area contributed by atoms with Crippen LogP contribution < -0.4 is 5.32 Å². The highest BCUT2D eigenvalue weighted by molar-refractivity contribution is 4.89. The van der Waals surface area contributed by atoms with Gasteiger partial charge in [-0.05, 0) is 71.5 Å². The molecule has 0 aromatic heterocycles. The van der Waals surface area contributed by atoms with Gasteiger partial charge in [0, 0.05) is 12.1 Å². The molecule has 1 N–H and O–H groups in total. The first kappa shape index (κ1) is 11.4. The average molecular weight is 210 g/mol. The van der Waals surface area contributed by atoms with Crippen molar-refractivity contribution in [2.75, 3.05) is 26.7 Å². The molecule has 0 spiro atoms. The molecule has 2 aliphatic heterocycles. The number of nitrogens with zero attached hydrogens (tertiary/aromatic N) is 1. The summed E-state index contributed by atoms with van der Waals surface area (Å²) in [5, 5.41) is 3.67. The molecular weight excluding hydrogens is 184 g/mol. The van der Waals surface area contributed by atoms with Gasteiger partial charge in [-0.15, -0.1) is 0 Å². The average Bonchev–Trinajstić information content (AvgIpc) is 2.63. The quantitative estimate of drug-likeness (QED) is 0.768. The summed E-state index contributed by atoms with van der Waals surface area (Å²) in [5.74, 6) is 0.961. The molecule has 88 valence electrons. The predicted molar refractivity (Wildman–Crippen MR) is 65.1 cm³/mol. The van der Waals surface area contributed by atoms with Gasteiger partial charge in [0.25, 0.3) is 0 Å². The van der Waals surface area contributed by atoms with Crippen LogP contribution in [0, 0.1) is 5.92 Å². The minimum absolute atomic E-state index is 0.468. The lowest BCUT2D eigenvalue weighted by atomic mass is 9.86. The van der Waals surface area contributed by atoms with Crippen molar-refractivity contribution in [2.24, 2.45) is 5.92 Å². The first-order chi connectivity index (χ1) is 7.18. The molecule has 15 heavy (non-hydrogen) atoms. The topological polar surface area (TPSA) is 15.3 Å². The van der Waals surface area contributed by atoms with E-state index in [4.69, 9.17) is 0 Å². The SMILES string of the molecule is CN1CCCC(CCC2(C)CCCN2)C1. The summed E-state index contributed by atoms with van der Waals surface area (Å²) < 4.78 is 0. The number of hydrogen-bond donors (Lipinski definition) is 1. The molecule has 0 radical (unpaired) electrons. The molecule has 2 rings (SSSR count). The fourth-order valence-corrected chi connectivity index (χ4v) is 3.20. The molecule has 0 bridgehead atoms. The molecule has 2 unspecified atom stereocenters. The van der Waals surface area contributed by atoms with Crippen molar-refractivity contribution in [3.8, 4) is 0 Å². The molecule has 2 heteroatoms. The molecule has 2 aliphatic rings. The molecule has 2 fully saturated rings. The van der Waals surface area contributed by atoms with E-state index in [9.17, 15) is 0 Å². The lowest BCUT2D eigenvalue weighted by Gasteiger charge is -2.32. The van der Waals surface area contributed by atoms with Crippen LogP contribution in [0.5, 0.6) is 0 Å². The van der Waals surface area contributed by atoms with Gasteiger partial charge in [0.15, 0.2) is 0 Å². The molecule has 0 aromatic rings. The van der Waals surface area contributed by atoms with E-state index >= 15 is 0 Å². The van der Waals surface area contributed by atoms with Gasteiger partial charge < -0.3 is 10.2 Å². The van der Waals surface area contributed by atoms with Gasteiger partial charge in [-0.1, -0.05) is 0 Å². The van der Waals surface area contributed by atoms with Crippen molar-refractivity contribution in [2.45, 2.75) is 51.0 Å². The number of hydrogen-bond acceptors (Lipinski definition) is 2. The fraction of sp³-hybridized carbons (Fsp3) is 1.00. The molecule has 0 saturated carbocycles. The van der Waals surface area contributed by atoms with Crippen molar-refractivity contribution >= 4 is 0 Å². The van der Waals surface area contributed by atoms with Crippen LogP contribution in [-0.4, -0.2) is 37.1 Å². The van der Waals surface area contributed by atoms with Crippen molar-refractivity contribution in [1.29, 1.82) is 0 Å². The standard InChI is InChI=1S/C13H26N2/c1-13(7-4-9-14-13)8-6-12-5-3-10-15(2)11-12/h12,14H,3-11H2,1-2H3. The summed E-state index contributed by atoms with van der Waals surface area (Å²) in [6, 6.07) is 0. The van der Waals surface area contributed by atoms with Gasteiger partial charge in [-0.25, -0.2) is 0 Å². The summed E-state index contributed by atoms with van der Waals surface area (Å²) in [6.45, 7) is 6.29. The number of piperidine rings is 1. The Bertz CT molecular complexity index is 197. The Balaban J connectivity index is 1.72. The smallest absolute Gasteiger partial charge is 0.0153 e. The second kappa shape index (κ2) is 4.84. The van der Waals surface area contributed by atoms with Gasteiger partial charge in [0.05, 0.1) is 0 Å². The maximum atomic E-state index is 3.67. The Kier molecular flexibility index (Phi) is 3.68. The van der Waals surface area contributed by atoms with Crippen LogP contribution in [0.2, 0.25) is 0 Å². The van der Waals surface area contributed by atoms with Crippen LogP contribution in [0.3, 0.4) is 0 Å². The zero-order chi connectivity index (χ0) is 10.7. The summed E-state index contributed by atoms with van der Waals surface area (Å²) in [5.41, 5.74) is 0.468. The fourth-order valence-electron chi connectivity index (χ4n) is 3.20. The Hall–Kier alpha value is -0.0800. The number of rotatable bonds is 3. The van der Waals surface area contributed by atoms with Crippen LogP contribution in [0.4, 0.5) is 0 Å². The number of likely N-dealkylation sites (tertiary alicyclic amines) is 1. The Morgan fingerprint density at radius 3 is 2.93 bits per heavy atom. The van der Waals surface area contributed by atoms with E-state index in [2.05, 4.69) is 24.2 Å². The van der Waals surface area contributed by atoms with Crippen molar-refractivity contribution in [3.05, 3.63) is 0 Å². The lowest BCUT2D eigenvalue weighted by Crippen LogP contribution is -2.38. The van der Waals surface area contributed by atoms with Gasteiger partial charge >= 0.3 is 0 Å². The minimum Gasteiger partial charge on any atom is -0.312 e. The van der Waals surface area contributed by atoms with E-state index in [1.807, 2.05) is 0 Å². The van der Waals surface area contributed by atoms with Crippen molar-refractivity contribution < 1.29 is 0 Å². The first-order valence-electron chi connectivity index (χ1n) is 6.62. The van der Waals surface area contributed by atoms with E-state index < -0.39 is 0 Å². The number of nitrogens with one attached hydrogen (secondary N) is 1. The van der Waals surface area contributed by atoms with Crippen molar-refractivity contribution in [3.63, 3.8) is 0 Å². The van der Waals surface area contributed by atoms with Crippen molar-refractivity contribution in [1.82, 2.24) is 10.2 Å². The first-order valence-corrected chi connectivity index (χ1v) is 6.62. The summed E-state index contributed by atoms with van der Waals surface area (Å²) in [7, 11) is 2.27. The third-order valence-electron chi connectivity index (χ3n) is 4.28. The zero-order valence-corrected chi connectivity index (χ0v) is 10.4. The monoisotopic (exact) mass is 210 g/mol. The van der Waals surface area contributed by atoms with Gasteiger partial charge in [0.2, 0.25) is 0 Å². The molecule has 0 aliphatic carbocycles. The second-order valence-corrected chi connectivity index (χ2v) is 5.90. The van der Waals surface area contributed by atoms with Gasteiger partial charge in [-0.2, -0.15) is 0 Å². The molecular formula is C13H26N2. The normalized spacial score (nSPS) is 38.4. The largest absolute Gasteiger partial charge is 0.312 e. The van der Waals surface area contributed by atoms with Crippen LogP contribution in [0.15, 0.2) is 0 Å². The molecule has 0 aromatic carbocycles. The highest BCUT2D eigenvalue weighted by atomic mass is 15.1. The minimum atomic E-state index is 0.468. The second-order valence-electron chi connectivity index (χ2n) is 5.90.